The van der Waals surface area contributed by atoms with Crippen LogP contribution in [0.1, 0.15) is 40.9 Å². The van der Waals surface area contributed by atoms with Gasteiger partial charge in [0.15, 0.2) is 0 Å². The minimum Gasteiger partial charge on any atom is -0.462 e. The quantitative estimate of drug-likeness (QED) is 0.462. The SMILES string of the molecule is CCOC(=O)c1cnn(-c2nc3ccccc3s2)c1CN[C@@H](C)c1nccs1. The van der Waals surface area contributed by atoms with Crippen molar-refractivity contribution in [1.82, 2.24) is 25.1 Å². The van der Waals surface area contributed by atoms with Gasteiger partial charge in [0.05, 0.1) is 34.8 Å². The Balaban J connectivity index is 1.68. The van der Waals surface area contributed by atoms with Crippen molar-refractivity contribution in [3.63, 3.8) is 0 Å². The van der Waals surface area contributed by atoms with Gasteiger partial charge < -0.3 is 10.1 Å². The van der Waals surface area contributed by atoms with E-state index in [4.69, 9.17) is 4.74 Å². The van der Waals surface area contributed by atoms with Gasteiger partial charge in [-0.2, -0.15) is 5.10 Å². The van der Waals surface area contributed by atoms with Gasteiger partial charge in [0.1, 0.15) is 10.6 Å². The van der Waals surface area contributed by atoms with Crippen LogP contribution in [-0.2, 0) is 11.3 Å². The van der Waals surface area contributed by atoms with Gasteiger partial charge in [0.25, 0.3) is 0 Å². The van der Waals surface area contributed by atoms with Crippen LogP contribution in [0.2, 0.25) is 0 Å². The molecule has 0 saturated heterocycles. The Labute approximate surface area is 170 Å². The fraction of sp³-hybridized carbons (Fsp3) is 0.263. The predicted octanol–water partition coefficient (Wildman–Crippen LogP) is 3.97. The number of nitrogens with one attached hydrogen (secondary N) is 1. The zero-order valence-electron chi connectivity index (χ0n) is 15.5. The molecule has 0 fully saturated rings. The Morgan fingerprint density at radius 2 is 2.21 bits per heavy atom. The van der Waals surface area contributed by atoms with Crippen molar-refractivity contribution in [1.29, 1.82) is 0 Å². The highest BCUT2D eigenvalue weighted by Crippen LogP contribution is 2.26. The number of benzene rings is 1. The third kappa shape index (κ3) is 3.68. The van der Waals surface area contributed by atoms with Crippen molar-refractivity contribution in [3.05, 3.63) is 58.3 Å². The predicted molar refractivity (Wildman–Crippen MR) is 110 cm³/mol. The van der Waals surface area contributed by atoms with E-state index < -0.39 is 0 Å². The number of ether oxygens (including phenoxy) is 1. The molecule has 7 nitrogen and oxygen atoms in total. The summed E-state index contributed by atoms with van der Waals surface area (Å²) in [6.45, 7) is 4.58. The first-order valence-electron chi connectivity index (χ1n) is 8.90. The Hall–Kier alpha value is -2.62. The van der Waals surface area contributed by atoms with E-state index >= 15 is 0 Å². The van der Waals surface area contributed by atoms with Crippen molar-refractivity contribution in [3.8, 4) is 5.13 Å². The molecule has 4 aromatic rings. The molecule has 144 valence electrons. The number of thiazole rings is 2. The molecule has 0 saturated carbocycles. The summed E-state index contributed by atoms with van der Waals surface area (Å²) in [6, 6.07) is 7.98. The molecule has 0 aliphatic rings. The van der Waals surface area contributed by atoms with E-state index in [0.717, 1.165) is 26.0 Å². The number of carbonyl (C=O) groups excluding carboxylic acids is 1. The molecular weight excluding hydrogens is 394 g/mol. The first-order chi connectivity index (χ1) is 13.7. The number of esters is 1. The van der Waals surface area contributed by atoms with Gasteiger partial charge in [0, 0.05) is 18.1 Å². The highest BCUT2D eigenvalue weighted by atomic mass is 32.1. The molecular formula is C19H19N5O2S2. The number of nitrogens with zero attached hydrogens (tertiary/aromatic N) is 4. The summed E-state index contributed by atoms with van der Waals surface area (Å²) in [7, 11) is 0. The number of hydrogen-bond donors (Lipinski definition) is 1. The lowest BCUT2D eigenvalue weighted by Crippen LogP contribution is -2.22. The van der Waals surface area contributed by atoms with Crippen LogP contribution in [0.15, 0.2) is 42.0 Å². The van der Waals surface area contributed by atoms with Crippen LogP contribution in [0, 0.1) is 0 Å². The number of hydrogen-bond acceptors (Lipinski definition) is 8. The number of rotatable bonds is 7. The molecule has 9 heteroatoms. The fourth-order valence-electron chi connectivity index (χ4n) is 2.82. The molecule has 0 bridgehead atoms. The molecule has 0 amide bonds. The van der Waals surface area contributed by atoms with Crippen LogP contribution in [0.5, 0.6) is 0 Å². The van der Waals surface area contributed by atoms with E-state index in [1.807, 2.05) is 36.6 Å². The average Bonchev–Trinajstić information content (AvgIpc) is 3.44. The van der Waals surface area contributed by atoms with Crippen molar-refractivity contribution in [2.75, 3.05) is 6.61 Å². The van der Waals surface area contributed by atoms with Crippen LogP contribution in [0.4, 0.5) is 0 Å². The first kappa shape index (κ1) is 18.7. The maximum Gasteiger partial charge on any atom is 0.341 e. The Morgan fingerprint density at radius 3 is 2.96 bits per heavy atom. The summed E-state index contributed by atoms with van der Waals surface area (Å²) in [6.07, 6.45) is 3.34. The summed E-state index contributed by atoms with van der Waals surface area (Å²) in [5.74, 6) is -0.381. The minimum atomic E-state index is -0.381. The maximum absolute atomic E-state index is 12.4. The molecule has 3 heterocycles. The van der Waals surface area contributed by atoms with Gasteiger partial charge in [-0.1, -0.05) is 23.5 Å². The summed E-state index contributed by atoms with van der Waals surface area (Å²) >= 11 is 3.13. The molecule has 0 aliphatic heterocycles. The molecule has 28 heavy (non-hydrogen) atoms. The van der Waals surface area contributed by atoms with Gasteiger partial charge in [-0.05, 0) is 26.0 Å². The smallest absolute Gasteiger partial charge is 0.341 e. The zero-order chi connectivity index (χ0) is 19.5. The number of aromatic nitrogens is 4. The number of carbonyl (C=O) groups is 1. The van der Waals surface area contributed by atoms with Crippen molar-refractivity contribution in [2.45, 2.75) is 26.4 Å². The van der Waals surface area contributed by atoms with Gasteiger partial charge in [-0.3, -0.25) is 0 Å². The van der Waals surface area contributed by atoms with E-state index in [9.17, 15) is 4.79 Å². The molecule has 3 aromatic heterocycles. The second kappa shape index (κ2) is 8.17. The lowest BCUT2D eigenvalue weighted by atomic mass is 10.2. The third-order valence-corrected chi connectivity index (χ3v) is 6.20. The standard InChI is InChI=1S/C19H19N5O2S2/c1-3-26-18(25)13-10-22-24(19-23-14-6-4-5-7-16(14)28-19)15(13)11-21-12(2)17-20-8-9-27-17/h4-10,12,21H,3,11H2,1-2H3/t12-/m0/s1. The van der Waals surface area contributed by atoms with Crippen LogP contribution < -0.4 is 5.32 Å². The lowest BCUT2D eigenvalue weighted by molar-refractivity contribution is 0.0525. The first-order valence-corrected chi connectivity index (χ1v) is 10.6. The Bertz CT molecular complexity index is 1050. The van der Waals surface area contributed by atoms with E-state index in [2.05, 4.69) is 20.4 Å². The highest BCUT2D eigenvalue weighted by Gasteiger charge is 2.22. The van der Waals surface area contributed by atoms with Gasteiger partial charge >= 0.3 is 5.97 Å². The maximum atomic E-state index is 12.4. The summed E-state index contributed by atoms with van der Waals surface area (Å²) < 4.78 is 8.00. The van der Waals surface area contributed by atoms with Gasteiger partial charge in [-0.25, -0.2) is 19.4 Å². The van der Waals surface area contributed by atoms with E-state index in [1.54, 1.807) is 35.3 Å². The molecule has 0 aliphatic carbocycles. The summed E-state index contributed by atoms with van der Waals surface area (Å²) in [5, 5.41) is 11.5. The largest absolute Gasteiger partial charge is 0.462 e. The molecule has 4 rings (SSSR count). The normalized spacial score (nSPS) is 12.4. The van der Waals surface area contributed by atoms with Crippen LogP contribution in [0.3, 0.4) is 0 Å². The van der Waals surface area contributed by atoms with Crippen molar-refractivity contribution >= 4 is 38.9 Å². The summed E-state index contributed by atoms with van der Waals surface area (Å²) in [4.78, 5) is 21.4. The number of para-hydroxylation sites is 1. The Morgan fingerprint density at radius 1 is 1.36 bits per heavy atom. The van der Waals surface area contributed by atoms with E-state index in [0.29, 0.717) is 18.7 Å². The van der Waals surface area contributed by atoms with Crippen molar-refractivity contribution in [2.24, 2.45) is 0 Å². The zero-order valence-corrected chi connectivity index (χ0v) is 17.1. The molecule has 0 unspecified atom stereocenters. The number of fused-ring (bicyclic) bond motifs is 1. The second-order valence-corrected chi connectivity index (χ2v) is 8.01. The molecule has 0 radical (unpaired) electrons. The molecule has 1 atom stereocenters. The van der Waals surface area contributed by atoms with Crippen LogP contribution in [-0.4, -0.2) is 32.3 Å². The second-order valence-electron chi connectivity index (χ2n) is 6.07. The van der Waals surface area contributed by atoms with Gasteiger partial charge in [0.2, 0.25) is 5.13 Å². The monoisotopic (exact) mass is 413 g/mol. The minimum absolute atomic E-state index is 0.0498. The van der Waals surface area contributed by atoms with E-state index in [-0.39, 0.29) is 12.0 Å². The van der Waals surface area contributed by atoms with Gasteiger partial charge in [-0.15, -0.1) is 11.3 Å². The van der Waals surface area contributed by atoms with Crippen molar-refractivity contribution < 1.29 is 9.53 Å². The Kier molecular flexibility index (Phi) is 5.47. The van der Waals surface area contributed by atoms with Crippen LogP contribution >= 0.6 is 22.7 Å². The lowest BCUT2D eigenvalue weighted by Gasteiger charge is -2.13. The summed E-state index contributed by atoms with van der Waals surface area (Å²) in [5.41, 5.74) is 2.08. The molecule has 0 spiro atoms. The molecule has 1 aromatic carbocycles. The third-order valence-electron chi connectivity index (χ3n) is 4.23. The van der Waals surface area contributed by atoms with Crippen LogP contribution in [0.25, 0.3) is 15.3 Å². The van der Waals surface area contributed by atoms with E-state index in [1.165, 1.54) is 11.3 Å². The molecule has 1 N–H and O–H groups in total. The highest BCUT2D eigenvalue weighted by molar-refractivity contribution is 7.20. The fourth-order valence-corrected chi connectivity index (χ4v) is 4.44. The average molecular weight is 414 g/mol. The topological polar surface area (TPSA) is 81.9 Å².